The van der Waals surface area contributed by atoms with E-state index in [9.17, 15) is 10.2 Å². The SMILES string of the molecule is CC(C)(C)C1=CC=C(C(C)(C)C)C([O][TlH2])C1[O][TlH2].CC(C)(C)c1ccc(C(C)(C)C)c(O)c1O.Cc1cccc(C)c1N=CC=Nc1c(C)cccc1C.Cc1cccc(C)c1N=CC=Nc1c(C)cccc1C.[Cl][Ni][Cl].[Ni]. The van der Waals surface area contributed by atoms with Gasteiger partial charge in [-0.05, 0) is 111 Å². The van der Waals surface area contributed by atoms with Crippen LogP contribution in [-0.2, 0) is 45.4 Å². The van der Waals surface area contributed by atoms with Crippen LogP contribution >= 0.6 is 20.4 Å². The molecule has 2 N–H and O–H groups in total. The number of aliphatic imine (C=N–C) groups is 4. The van der Waals surface area contributed by atoms with Gasteiger partial charge in [0.05, 0.1) is 22.7 Å². The topological polar surface area (TPSA) is 108 Å². The molecule has 5 aromatic carbocycles. The van der Waals surface area contributed by atoms with E-state index in [4.69, 9.17) is 25.8 Å². The van der Waals surface area contributed by atoms with Gasteiger partial charge >= 0.3 is 179 Å². The minimum Gasteiger partial charge on any atom is 0 e. The number of hydrogen-bond acceptors (Lipinski definition) is 8. The Hall–Kier alpha value is -2.81. The molecule has 0 heterocycles. The molecule has 8 nitrogen and oxygen atoms in total. The number of hydrogen-bond donors (Lipinski definition) is 2. The minimum atomic E-state index is -0.169. The zero-order chi connectivity index (χ0) is 58.6. The summed E-state index contributed by atoms with van der Waals surface area (Å²) in [6, 6.07) is 28.6. The fourth-order valence-corrected chi connectivity index (χ4v) is 12.7. The van der Waals surface area contributed by atoms with Crippen LogP contribution in [0.25, 0.3) is 0 Å². The van der Waals surface area contributed by atoms with Crippen molar-refractivity contribution in [2.24, 2.45) is 30.8 Å². The molecule has 0 radical (unpaired) electrons. The molecule has 0 amide bonds. The van der Waals surface area contributed by atoms with Gasteiger partial charge in [-0.1, -0.05) is 126 Å². The summed E-state index contributed by atoms with van der Waals surface area (Å²) >= 11 is 0.819. The summed E-state index contributed by atoms with van der Waals surface area (Å²) in [5, 5.41) is 20.1. The van der Waals surface area contributed by atoms with Gasteiger partial charge in [0.15, 0.2) is 11.5 Å². The van der Waals surface area contributed by atoms with Crippen molar-refractivity contribution in [2.45, 2.75) is 162 Å². The fourth-order valence-electron chi connectivity index (χ4n) is 8.81. The van der Waals surface area contributed by atoms with Gasteiger partial charge in [-0.25, -0.2) is 0 Å². The number of para-hydroxylation sites is 4. The molecule has 0 bridgehead atoms. The second kappa shape index (κ2) is 34.0. The van der Waals surface area contributed by atoms with Gasteiger partial charge in [-0.2, -0.15) is 0 Å². The van der Waals surface area contributed by atoms with Crippen molar-refractivity contribution >= 4 is 120 Å². The van der Waals surface area contributed by atoms with Crippen molar-refractivity contribution in [3.63, 3.8) is 0 Å². The molecule has 0 saturated carbocycles. The monoisotopic (exact) mass is 1570 g/mol. The van der Waals surface area contributed by atoms with Crippen LogP contribution in [0.3, 0.4) is 0 Å². The fraction of sp³-hybridized carbons (Fsp3) is 0.406. The Morgan fingerprint density at radius 3 is 0.756 bits per heavy atom. The number of aryl methyl sites for hydroxylation is 8. The quantitative estimate of drug-likeness (QED) is 0.0916. The van der Waals surface area contributed by atoms with Gasteiger partial charge < -0.3 is 10.2 Å². The molecule has 14 heteroatoms. The van der Waals surface area contributed by atoms with Gasteiger partial charge in [0.2, 0.25) is 0 Å². The van der Waals surface area contributed by atoms with E-state index in [1.807, 2.05) is 53.7 Å². The molecule has 5 aromatic rings. The Balaban J connectivity index is 0.000000510. The Morgan fingerprint density at radius 2 is 0.603 bits per heavy atom. The summed E-state index contributed by atoms with van der Waals surface area (Å²) in [5.41, 5.74) is 17.9. The zero-order valence-electron chi connectivity index (χ0n) is 50.6. The van der Waals surface area contributed by atoms with E-state index in [2.05, 4.69) is 202 Å². The van der Waals surface area contributed by atoms with Crippen LogP contribution < -0.4 is 0 Å². The van der Waals surface area contributed by atoms with Crippen molar-refractivity contribution in [3.05, 3.63) is 164 Å². The normalized spacial score (nSPS) is 14.8. The molecule has 6 rings (SSSR count). The predicted molar refractivity (Wildman–Crippen MR) is 337 cm³/mol. The first-order valence-electron chi connectivity index (χ1n) is 26.0. The maximum absolute atomic E-state index is 10.0. The van der Waals surface area contributed by atoms with Gasteiger partial charge in [0, 0.05) is 52.5 Å². The molecule has 2 atom stereocenters. The zero-order valence-corrected chi connectivity index (χ0v) is 69.6. The van der Waals surface area contributed by atoms with E-state index in [1.165, 1.54) is 55.7 Å². The minimum absolute atomic E-state index is 0. The van der Waals surface area contributed by atoms with Crippen LogP contribution in [0.15, 0.2) is 128 Å². The van der Waals surface area contributed by atoms with E-state index in [1.54, 1.807) is 24.9 Å². The molecule has 78 heavy (non-hydrogen) atoms. The Kier molecular flexibility index (Phi) is 31.9. The first kappa shape index (κ1) is 73.2. The van der Waals surface area contributed by atoms with Crippen LogP contribution in [0.2, 0.25) is 0 Å². The molecule has 1 aliphatic rings. The Morgan fingerprint density at radius 1 is 0.410 bits per heavy atom. The molecule has 428 valence electrons. The first-order chi connectivity index (χ1) is 35.8. The Bertz CT molecular complexity index is 2510. The number of phenols is 2. The Labute approximate surface area is 527 Å². The van der Waals surface area contributed by atoms with Crippen molar-refractivity contribution in [1.82, 2.24) is 0 Å². The number of benzene rings is 5. The number of halogens is 2. The van der Waals surface area contributed by atoms with Crippen LogP contribution in [-0.4, -0.2) is 99.7 Å². The van der Waals surface area contributed by atoms with E-state index >= 15 is 0 Å². The standard InChI is InChI=1S/2C18H20N2.2C14H22O2.2ClH.2Ni.2Tl.4H/c2*1-13-7-5-8-14(2)17(13)19-11-12-20-18-15(3)9-6-10-16(18)4;2*1-13(2,3)9-7-8-10(14(4,5)6)12(16)11(9)15;;;;;;;;;;/h2*5-12H,1-4H3;7-8,15-16H,1-6H3;7-8,11-12H,1-6H3;2*1H;;;;;;;;/q;;;-2;;;;+2;2*+1;;;;/p-2. The molecule has 0 spiro atoms. The van der Waals surface area contributed by atoms with Gasteiger partial charge in [0.25, 0.3) is 0 Å². The number of allylic oxidation sites excluding steroid dienone is 2. The maximum Gasteiger partial charge on any atom is 0 e. The maximum atomic E-state index is 10.0. The molecule has 1 aliphatic carbocycles. The second-order valence-corrected chi connectivity index (χ2v) is 28.8. The molecule has 0 aliphatic heterocycles. The number of nitrogens with zero attached hydrogens (tertiary/aromatic N) is 4. The molecule has 0 fully saturated rings. The largest absolute Gasteiger partial charge is 0 e. The summed E-state index contributed by atoms with van der Waals surface area (Å²) < 4.78 is 12.0. The third-order valence-electron chi connectivity index (χ3n) is 13.0. The molecular formula is C64H88Cl2N4Ni2O4Tl2. The number of aromatic hydroxyl groups is 2. The number of rotatable bonds is 8. The van der Waals surface area contributed by atoms with Crippen molar-refractivity contribution in [1.29, 1.82) is 0 Å². The average molecular weight is 1570 g/mol. The van der Waals surface area contributed by atoms with E-state index in [-0.39, 0.29) is 114 Å². The molecule has 0 aromatic heterocycles. The van der Waals surface area contributed by atoms with Gasteiger partial charge in [-0.15, -0.1) is 0 Å². The van der Waals surface area contributed by atoms with Crippen LogP contribution in [0.1, 0.15) is 139 Å². The van der Waals surface area contributed by atoms with Crippen molar-refractivity contribution in [2.75, 3.05) is 0 Å². The van der Waals surface area contributed by atoms with E-state index in [0.717, 1.165) is 33.9 Å². The molecule has 2 unspecified atom stereocenters. The second-order valence-electron chi connectivity index (χ2n) is 23.5. The summed E-state index contributed by atoms with van der Waals surface area (Å²) in [6.45, 7) is 42.2. The first-order valence-corrected chi connectivity index (χ1v) is 35.1. The average Bonchev–Trinajstić information content (AvgIpc) is 3.32. The third kappa shape index (κ3) is 22.9. The van der Waals surface area contributed by atoms with Gasteiger partial charge in [-0.3, -0.25) is 20.0 Å². The van der Waals surface area contributed by atoms with E-state index in [0.29, 0.717) is 12.7 Å². The smallest absolute Gasteiger partial charge is 0 e. The summed E-state index contributed by atoms with van der Waals surface area (Å²) in [7, 11) is 9.40. The molecular weight excluding hydrogens is 1490 g/mol. The summed E-state index contributed by atoms with van der Waals surface area (Å²) in [4.78, 5) is 18.0. The number of phenolic OH excluding ortho intramolecular Hbond substituents is 2. The summed E-state index contributed by atoms with van der Waals surface area (Å²) in [5.74, 6) is 0.0276. The van der Waals surface area contributed by atoms with Gasteiger partial charge in [0.1, 0.15) is 0 Å². The van der Waals surface area contributed by atoms with Crippen molar-refractivity contribution in [3.8, 4) is 11.5 Å². The predicted octanol–water partition coefficient (Wildman–Crippen LogP) is 16.9. The van der Waals surface area contributed by atoms with Crippen LogP contribution in [0.5, 0.6) is 11.5 Å². The van der Waals surface area contributed by atoms with Crippen molar-refractivity contribution < 1.29 is 44.7 Å². The third-order valence-corrected chi connectivity index (χ3v) is 17.0. The summed E-state index contributed by atoms with van der Waals surface area (Å²) in [6.07, 6.45) is 11.9. The molecule has 0 saturated heterocycles. The van der Waals surface area contributed by atoms with Crippen LogP contribution in [0.4, 0.5) is 22.7 Å². The van der Waals surface area contributed by atoms with E-state index < -0.39 is 0 Å². The van der Waals surface area contributed by atoms with Crippen LogP contribution in [0, 0.1) is 66.2 Å².